The lowest BCUT2D eigenvalue weighted by Gasteiger charge is -2.25. The summed E-state index contributed by atoms with van der Waals surface area (Å²) in [7, 11) is 0. The number of hydrogen-bond acceptors (Lipinski definition) is 2. The molecule has 134 valence electrons. The highest BCUT2D eigenvalue weighted by atomic mass is 79.9. The van der Waals surface area contributed by atoms with Gasteiger partial charge in [0.2, 0.25) is 0 Å². The summed E-state index contributed by atoms with van der Waals surface area (Å²) < 4.78 is 4.87. The molecule has 0 spiro atoms. The highest BCUT2D eigenvalue weighted by molar-refractivity contribution is 9.15. The molecular formula is C18H4Br6N2O. The van der Waals surface area contributed by atoms with Gasteiger partial charge in [0.1, 0.15) is 5.84 Å². The second-order valence-electron chi connectivity index (χ2n) is 6.00. The van der Waals surface area contributed by atoms with Gasteiger partial charge in [-0.3, -0.25) is 9.69 Å². The van der Waals surface area contributed by atoms with Crippen LogP contribution in [0, 0.1) is 0 Å². The first-order chi connectivity index (χ1) is 12.8. The molecule has 2 aliphatic heterocycles. The van der Waals surface area contributed by atoms with Crippen LogP contribution in [-0.2, 0) is 0 Å². The average Bonchev–Trinajstić information content (AvgIpc) is 2.93. The molecule has 0 saturated carbocycles. The lowest BCUT2D eigenvalue weighted by Crippen LogP contribution is -2.31. The molecule has 0 bridgehead atoms. The van der Waals surface area contributed by atoms with Crippen molar-refractivity contribution in [1.29, 1.82) is 0 Å². The predicted octanol–water partition coefficient (Wildman–Crippen LogP) is 8.47. The Labute approximate surface area is 204 Å². The highest BCUT2D eigenvalue weighted by Gasteiger charge is 2.43. The van der Waals surface area contributed by atoms with E-state index in [-0.39, 0.29) is 5.91 Å². The number of carbonyl (C=O) groups is 1. The van der Waals surface area contributed by atoms with Gasteiger partial charge in [-0.15, -0.1) is 0 Å². The van der Waals surface area contributed by atoms with Gasteiger partial charge in [-0.05, 0) is 103 Å². The molecule has 0 saturated heterocycles. The third kappa shape index (κ3) is 2.51. The molecule has 2 heterocycles. The number of benzene rings is 3. The summed E-state index contributed by atoms with van der Waals surface area (Å²) in [6.45, 7) is 0. The van der Waals surface area contributed by atoms with Crippen LogP contribution in [0.3, 0.4) is 0 Å². The molecule has 27 heavy (non-hydrogen) atoms. The van der Waals surface area contributed by atoms with Crippen molar-refractivity contribution in [3.8, 4) is 0 Å². The molecule has 3 aromatic rings. The monoisotopic (exact) mass is 738 g/mol. The number of hydrogen-bond donors (Lipinski definition) is 0. The van der Waals surface area contributed by atoms with Crippen LogP contribution < -0.4 is 4.90 Å². The summed E-state index contributed by atoms with van der Waals surface area (Å²) in [5, 5.41) is 1.97. The van der Waals surface area contributed by atoms with E-state index in [1.807, 2.05) is 24.3 Å². The largest absolute Gasteiger partial charge is 0.268 e. The van der Waals surface area contributed by atoms with E-state index in [0.29, 0.717) is 15.9 Å². The number of rotatable bonds is 0. The van der Waals surface area contributed by atoms with Gasteiger partial charge < -0.3 is 0 Å². The van der Waals surface area contributed by atoms with Crippen molar-refractivity contribution in [3.63, 3.8) is 0 Å². The molecule has 1 amide bonds. The lowest BCUT2D eigenvalue weighted by atomic mass is 10.0. The number of carbonyl (C=O) groups excluding carboxylic acids is 1. The Morgan fingerprint density at radius 1 is 0.815 bits per heavy atom. The van der Waals surface area contributed by atoms with Gasteiger partial charge in [0.05, 0.1) is 16.9 Å². The van der Waals surface area contributed by atoms with E-state index >= 15 is 0 Å². The molecule has 9 heteroatoms. The quantitative estimate of drug-likeness (QED) is 0.168. The molecule has 5 rings (SSSR count). The Bertz CT molecular complexity index is 1270. The van der Waals surface area contributed by atoms with E-state index in [1.54, 1.807) is 4.90 Å². The second-order valence-corrected chi connectivity index (χ2v) is 10.9. The summed E-state index contributed by atoms with van der Waals surface area (Å²) >= 11 is 21.5. The molecule has 0 aromatic heterocycles. The Balaban J connectivity index is 1.96. The topological polar surface area (TPSA) is 32.7 Å². The maximum Gasteiger partial charge on any atom is 0.266 e. The first kappa shape index (κ1) is 18.9. The number of anilines is 1. The number of amidine groups is 1. The van der Waals surface area contributed by atoms with Crippen molar-refractivity contribution in [2.45, 2.75) is 0 Å². The van der Waals surface area contributed by atoms with Crippen LogP contribution in [0.4, 0.5) is 11.4 Å². The van der Waals surface area contributed by atoms with Crippen molar-refractivity contribution in [3.05, 3.63) is 62.2 Å². The van der Waals surface area contributed by atoms with Gasteiger partial charge in [-0.1, -0.05) is 22.0 Å². The van der Waals surface area contributed by atoms with E-state index in [2.05, 4.69) is 95.6 Å². The predicted molar refractivity (Wildman–Crippen MR) is 130 cm³/mol. The third-order valence-electron chi connectivity index (χ3n) is 4.56. The van der Waals surface area contributed by atoms with E-state index < -0.39 is 0 Å². The second kappa shape index (κ2) is 6.47. The van der Waals surface area contributed by atoms with E-state index in [9.17, 15) is 4.79 Å². The first-order valence-electron chi connectivity index (χ1n) is 7.52. The van der Waals surface area contributed by atoms with Gasteiger partial charge in [-0.2, -0.15) is 0 Å². The van der Waals surface area contributed by atoms with Crippen LogP contribution in [0.15, 0.2) is 56.1 Å². The van der Waals surface area contributed by atoms with Crippen molar-refractivity contribution in [1.82, 2.24) is 0 Å². The average molecular weight is 744 g/mol. The molecule has 0 N–H and O–H groups in total. The van der Waals surface area contributed by atoms with Crippen LogP contribution >= 0.6 is 95.6 Å². The molecular weight excluding hydrogens is 740 g/mol. The molecule has 3 aromatic carbocycles. The van der Waals surface area contributed by atoms with E-state index in [1.165, 1.54) is 0 Å². The summed E-state index contributed by atoms with van der Waals surface area (Å²) in [6.07, 6.45) is 0. The molecule has 0 fully saturated rings. The van der Waals surface area contributed by atoms with Crippen molar-refractivity contribution < 1.29 is 4.79 Å². The van der Waals surface area contributed by atoms with Gasteiger partial charge in [0.15, 0.2) is 0 Å². The molecule has 0 aliphatic carbocycles. The molecule has 0 atom stereocenters. The number of fused-ring (bicyclic) bond motifs is 4. The zero-order valence-corrected chi connectivity index (χ0v) is 22.4. The fourth-order valence-electron chi connectivity index (χ4n) is 3.45. The van der Waals surface area contributed by atoms with Crippen molar-refractivity contribution in [2.75, 3.05) is 4.90 Å². The first-order valence-corrected chi connectivity index (χ1v) is 12.3. The summed E-state index contributed by atoms with van der Waals surface area (Å²) in [5.74, 6) is 0.490. The summed E-state index contributed by atoms with van der Waals surface area (Å²) in [5.41, 5.74) is 2.97. The van der Waals surface area contributed by atoms with E-state index in [0.717, 1.165) is 50.1 Å². The minimum absolute atomic E-state index is 0.116. The standard InChI is InChI=1S/C18H4Br6N2O/c19-6-3-5-1-2-7(20)16-9(5)8(4-6)26-17(25-16)10-11(18(26)27)13(22)15(24)14(23)12(10)21/h1-4H. The molecule has 3 nitrogen and oxygen atoms in total. The molecule has 0 radical (unpaired) electrons. The smallest absolute Gasteiger partial charge is 0.266 e. The molecule has 2 aliphatic rings. The third-order valence-corrected chi connectivity index (χ3v) is 10.4. The molecule has 0 unspecified atom stereocenters. The van der Waals surface area contributed by atoms with Gasteiger partial charge in [0.25, 0.3) is 5.91 Å². The Kier molecular flexibility index (Phi) is 4.54. The maximum absolute atomic E-state index is 13.4. The number of halogens is 6. The van der Waals surface area contributed by atoms with E-state index in [4.69, 9.17) is 4.99 Å². The Morgan fingerprint density at radius 3 is 2.19 bits per heavy atom. The SMILES string of the molecule is O=C1c2c(Br)c(Br)c(Br)c(Br)c2C2=Nc3c(Br)ccc4cc(Br)cc(c34)N12. The van der Waals surface area contributed by atoms with Crippen LogP contribution in [-0.4, -0.2) is 11.7 Å². The Morgan fingerprint density at radius 2 is 1.48 bits per heavy atom. The van der Waals surface area contributed by atoms with Crippen molar-refractivity contribution >= 4 is 129 Å². The highest BCUT2D eigenvalue weighted by Crippen LogP contribution is 2.51. The van der Waals surface area contributed by atoms with Crippen LogP contribution in [0.2, 0.25) is 0 Å². The fraction of sp³-hybridized carbons (Fsp3) is 0. The minimum atomic E-state index is -0.116. The minimum Gasteiger partial charge on any atom is -0.268 e. The van der Waals surface area contributed by atoms with Crippen molar-refractivity contribution in [2.24, 2.45) is 4.99 Å². The van der Waals surface area contributed by atoms with Gasteiger partial charge in [0, 0.05) is 37.8 Å². The van der Waals surface area contributed by atoms with Crippen LogP contribution in [0.5, 0.6) is 0 Å². The van der Waals surface area contributed by atoms with Gasteiger partial charge in [-0.25, -0.2) is 4.99 Å². The van der Waals surface area contributed by atoms with Crippen LogP contribution in [0.25, 0.3) is 10.8 Å². The summed E-state index contributed by atoms with van der Waals surface area (Å²) in [4.78, 5) is 20.0. The zero-order valence-electron chi connectivity index (χ0n) is 12.9. The summed E-state index contributed by atoms with van der Waals surface area (Å²) in [6, 6.07) is 7.99. The van der Waals surface area contributed by atoms with Gasteiger partial charge >= 0.3 is 0 Å². The number of nitrogens with zero attached hydrogens (tertiary/aromatic N) is 2. The fourth-order valence-corrected chi connectivity index (χ4v) is 6.79. The number of amides is 1. The van der Waals surface area contributed by atoms with Crippen LogP contribution in [0.1, 0.15) is 15.9 Å². The number of aliphatic imine (C=N–C) groups is 1. The normalized spacial score (nSPS) is 14.5. The lowest BCUT2D eigenvalue weighted by molar-refractivity contribution is 0.101. The maximum atomic E-state index is 13.4. The Hall–Kier alpha value is -0.0600. The zero-order chi connectivity index (χ0) is 19.2.